The fourth-order valence-electron chi connectivity index (χ4n) is 2.43. The summed E-state index contributed by atoms with van der Waals surface area (Å²) in [5, 5.41) is 10.1. The Balaban J connectivity index is 2.04. The molecule has 1 aromatic carbocycles. The van der Waals surface area contributed by atoms with Crippen LogP contribution in [0.5, 0.6) is 0 Å². The lowest BCUT2D eigenvalue weighted by atomic mass is 10.0. The van der Waals surface area contributed by atoms with Crippen LogP contribution in [0.3, 0.4) is 0 Å². The van der Waals surface area contributed by atoms with E-state index in [1.54, 1.807) is 4.90 Å². The van der Waals surface area contributed by atoms with Crippen molar-refractivity contribution in [3.63, 3.8) is 0 Å². The van der Waals surface area contributed by atoms with Crippen molar-refractivity contribution in [1.29, 1.82) is 0 Å². The Kier molecular flexibility index (Phi) is 3.79. The fraction of sp³-hybridized carbons (Fsp3) is 0.500. The number of carbonyl (C=O) groups excluding carboxylic acids is 1. The number of aliphatic hydroxyl groups excluding tert-OH is 1. The first-order valence-electron chi connectivity index (χ1n) is 6.24. The van der Waals surface area contributed by atoms with Crippen LogP contribution in [-0.4, -0.2) is 22.1 Å². The smallest absolute Gasteiger partial charge is 0.225 e. The molecule has 1 saturated heterocycles. The second-order valence-electron chi connectivity index (χ2n) is 4.67. The molecule has 1 aliphatic rings. The summed E-state index contributed by atoms with van der Waals surface area (Å²) in [6.45, 7) is 2.60. The average molecular weight is 233 g/mol. The summed E-state index contributed by atoms with van der Waals surface area (Å²) in [6.07, 6.45) is 1.80. The molecule has 1 aromatic rings. The molecule has 1 aliphatic heterocycles. The Morgan fingerprint density at radius 1 is 1.35 bits per heavy atom. The number of benzene rings is 1. The first-order chi connectivity index (χ1) is 8.22. The van der Waals surface area contributed by atoms with E-state index in [-0.39, 0.29) is 11.8 Å². The van der Waals surface area contributed by atoms with E-state index in [1.165, 1.54) is 0 Å². The van der Waals surface area contributed by atoms with Gasteiger partial charge in [-0.15, -0.1) is 0 Å². The number of rotatable bonds is 4. The predicted molar refractivity (Wildman–Crippen MR) is 66.0 cm³/mol. The van der Waals surface area contributed by atoms with Crippen molar-refractivity contribution in [2.24, 2.45) is 5.92 Å². The third kappa shape index (κ3) is 2.67. The van der Waals surface area contributed by atoms with Gasteiger partial charge < -0.3 is 10.0 Å². The summed E-state index contributed by atoms with van der Waals surface area (Å²) >= 11 is 0. The first-order valence-corrected chi connectivity index (χ1v) is 6.24. The lowest BCUT2D eigenvalue weighted by Crippen LogP contribution is -2.34. The van der Waals surface area contributed by atoms with Gasteiger partial charge in [0.1, 0.15) is 6.23 Å². The van der Waals surface area contributed by atoms with Gasteiger partial charge in [0, 0.05) is 18.9 Å². The van der Waals surface area contributed by atoms with Crippen LogP contribution >= 0.6 is 0 Å². The first kappa shape index (κ1) is 12.1. The van der Waals surface area contributed by atoms with Crippen LogP contribution in [0.15, 0.2) is 30.3 Å². The van der Waals surface area contributed by atoms with E-state index >= 15 is 0 Å². The molecule has 3 nitrogen and oxygen atoms in total. The zero-order chi connectivity index (χ0) is 12.3. The van der Waals surface area contributed by atoms with Crippen LogP contribution in [0.4, 0.5) is 0 Å². The highest BCUT2D eigenvalue weighted by molar-refractivity contribution is 5.79. The Hall–Kier alpha value is -1.35. The summed E-state index contributed by atoms with van der Waals surface area (Å²) in [6, 6.07) is 9.81. The van der Waals surface area contributed by atoms with Gasteiger partial charge in [-0.05, 0) is 12.0 Å². The van der Waals surface area contributed by atoms with E-state index in [0.717, 1.165) is 18.4 Å². The molecule has 1 fully saturated rings. The Bertz CT molecular complexity index is 377. The monoisotopic (exact) mass is 233 g/mol. The summed E-state index contributed by atoms with van der Waals surface area (Å²) in [7, 11) is 0. The Morgan fingerprint density at radius 2 is 2.06 bits per heavy atom. The minimum absolute atomic E-state index is 0.0693. The second kappa shape index (κ2) is 5.32. The largest absolute Gasteiger partial charge is 0.373 e. The molecule has 0 aromatic heterocycles. The second-order valence-corrected chi connectivity index (χ2v) is 4.67. The van der Waals surface area contributed by atoms with Crippen LogP contribution in [0, 0.1) is 5.92 Å². The molecule has 0 bridgehead atoms. The highest BCUT2D eigenvalue weighted by Crippen LogP contribution is 2.28. The number of carbonyl (C=O) groups is 1. The number of amides is 1. The van der Waals surface area contributed by atoms with Gasteiger partial charge in [0.25, 0.3) is 0 Å². The maximum absolute atomic E-state index is 11.8. The van der Waals surface area contributed by atoms with E-state index < -0.39 is 6.23 Å². The molecule has 1 heterocycles. The number of hydrogen-bond donors (Lipinski definition) is 1. The lowest BCUT2D eigenvalue weighted by molar-refractivity contribution is -0.134. The van der Waals surface area contributed by atoms with Gasteiger partial charge in [-0.25, -0.2) is 0 Å². The van der Waals surface area contributed by atoms with Gasteiger partial charge in [0.2, 0.25) is 5.91 Å². The zero-order valence-electron chi connectivity index (χ0n) is 10.2. The number of likely N-dealkylation sites (tertiary alicyclic amines) is 1. The number of hydrogen-bond acceptors (Lipinski definition) is 2. The molecule has 92 valence electrons. The van der Waals surface area contributed by atoms with Crippen molar-refractivity contribution in [1.82, 2.24) is 4.90 Å². The summed E-state index contributed by atoms with van der Waals surface area (Å²) in [5.41, 5.74) is 1.07. The molecule has 1 N–H and O–H groups in total. The van der Waals surface area contributed by atoms with Gasteiger partial charge in [-0.3, -0.25) is 4.79 Å². The molecule has 0 saturated carbocycles. The standard InChI is InChI=1S/C14H19NO2/c1-2-6-12-9-13(16)15(14(12)17)10-11-7-4-3-5-8-11/h3-5,7-8,12,14,17H,2,6,9-10H2,1H3/t12-,14?/m1/s1. The van der Waals surface area contributed by atoms with Crippen molar-refractivity contribution in [3.05, 3.63) is 35.9 Å². The van der Waals surface area contributed by atoms with E-state index in [2.05, 4.69) is 6.92 Å². The molecule has 17 heavy (non-hydrogen) atoms. The molecule has 0 radical (unpaired) electrons. The van der Waals surface area contributed by atoms with Crippen molar-refractivity contribution in [2.45, 2.75) is 39.0 Å². The molecule has 1 unspecified atom stereocenters. The third-order valence-corrected chi connectivity index (χ3v) is 3.35. The SMILES string of the molecule is CCC[C@@H]1CC(=O)N(Cc2ccccc2)C1O. The molecular formula is C14H19NO2. The van der Waals surface area contributed by atoms with Gasteiger partial charge in [-0.2, -0.15) is 0 Å². The molecular weight excluding hydrogens is 214 g/mol. The third-order valence-electron chi connectivity index (χ3n) is 3.35. The van der Waals surface area contributed by atoms with Crippen LogP contribution in [0.1, 0.15) is 31.7 Å². The molecule has 2 atom stereocenters. The summed E-state index contributed by atoms with van der Waals surface area (Å²) in [4.78, 5) is 13.4. The Morgan fingerprint density at radius 3 is 2.71 bits per heavy atom. The van der Waals surface area contributed by atoms with E-state index in [0.29, 0.717) is 13.0 Å². The molecule has 3 heteroatoms. The van der Waals surface area contributed by atoms with Crippen LogP contribution in [0.25, 0.3) is 0 Å². The van der Waals surface area contributed by atoms with E-state index in [1.807, 2.05) is 30.3 Å². The quantitative estimate of drug-likeness (QED) is 0.865. The van der Waals surface area contributed by atoms with Gasteiger partial charge in [0.05, 0.1) is 0 Å². The normalized spacial score (nSPS) is 24.4. The van der Waals surface area contributed by atoms with Crippen molar-refractivity contribution < 1.29 is 9.90 Å². The Labute approximate surface area is 102 Å². The van der Waals surface area contributed by atoms with Gasteiger partial charge in [0.15, 0.2) is 0 Å². The highest BCUT2D eigenvalue weighted by atomic mass is 16.3. The van der Waals surface area contributed by atoms with Gasteiger partial charge in [-0.1, -0.05) is 43.7 Å². The van der Waals surface area contributed by atoms with Gasteiger partial charge >= 0.3 is 0 Å². The van der Waals surface area contributed by atoms with Crippen LogP contribution in [0.2, 0.25) is 0 Å². The molecule has 0 spiro atoms. The van der Waals surface area contributed by atoms with Crippen molar-refractivity contribution in [3.8, 4) is 0 Å². The van der Waals surface area contributed by atoms with Crippen LogP contribution in [-0.2, 0) is 11.3 Å². The molecule has 0 aliphatic carbocycles. The topological polar surface area (TPSA) is 40.5 Å². The maximum atomic E-state index is 11.8. The molecule has 2 rings (SSSR count). The van der Waals surface area contributed by atoms with E-state index in [9.17, 15) is 9.90 Å². The van der Waals surface area contributed by atoms with Crippen LogP contribution < -0.4 is 0 Å². The van der Waals surface area contributed by atoms with Crippen molar-refractivity contribution >= 4 is 5.91 Å². The fourth-order valence-corrected chi connectivity index (χ4v) is 2.43. The van der Waals surface area contributed by atoms with Crippen molar-refractivity contribution in [2.75, 3.05) is 0 Å². The zero-order valence-corrected chi connectivity index (χ0v) is 10.2. The minimum Gasteiger partial charge on any atom is -0.373 e. The number of nitrogens with zero attached hydrogens (tertiary/aromatic N) is 1. The lowest BCUT2D eigenvalue weighted by Gasteiger charge is -2.23. The minimum atomic E-state index is -0.609. The summed E-state index contributed by atoms with van der Waals surface area (Å²) < 4.78 is 0. The molecule has 1 amide bonds. The summed E-state index contributed by atoms with van der Waals surface area (Å²) in [5.74, 6) is 0.177. The maximum Gasteiger partial charge on any atom is 0.225 e. The average Bonchev–Trinajstić information content (AvgIpc) is 2.59. The highest BCUT2D eigenvalue weighted by Gasteiger charge is 2.37. The predicted octanol–water partition coefficient (Wildman–Crippen LogP) is 2.15. The van der Waals surface area contributed by atoms with E-state index in [4.69, 9.17) is 0 Å². The number of aliphatic hydroxyl groups is 1.